The molecule has 1 aromatic heterocycles. The molecule has 7 heteroatoms. The van der Waals surface area contributed by atoms with Crippen molar-refractivity contribution in [3.8, 4) is 23.1 Å². The minimum absolute atomic E-state index is 0.295. The second-order valence-corrected chi connectivity index (χ2v) is 7.26. The summed E-state index contributed by atoms with van der Waals surface area (Å²) in [4.78, 5) is 11.5. The van der Waals surface area contributed by atoms with Gasteiger partial charge in [-0.1, -0.05) is 77.7 Å². The highest BCUT2D eigenvalue weighted by molar-refractivity contribution is 5.75. The minimum Gasteiger partial charge on any atom is -0.362 e. The fourth-order valence-corrected chi connectivity index (χ4v) is 3.21. The third-order valence-electron chi connectivity index (χ3n) is 4.91. The Hall–Kier alpha value is -4.25. The van der Waals surface area contributed by atoms with E-state index >= 15 is 0 Å². The lowest BCUT2D eigenvalue weighted by Gasteiger charge is -2.17. The van der Waals surface area contributed by atoms with Gasteiger partial charge in [-0.15, -0.1) is 5.10 Å². The lowest BCUT2D eigenvalue weighted by atomic mass is 10.1. The summed E-state index contributed by atoms with van der Waals surface area (Å²) in [7, 11) is 0. The summed E-state index contributed by atoms with van der Waals surface area (Å²) in [5.41, 5.74) is 5.95. The molecule has 33 heavy (non-hydrogen) atoms. The van der Waals surface area contributed by atoms with Crippen LogP contribution in [-0.2, 0) is 16.1 Å². The van der Waals surface area contributed by atoms with Gasteiger partial charge in [-0.2, -0.15) is 0 Å². The number of amides is 1. The molecule has 0 spiro atoms. The van der Waals surface area contributed by atoms with Crippen molar-refractivity contribution in [1.29, 1.82) is 0 Å². The third-order valence-corrected chi connectivity index (χ3v) is 4.91. The molecule has 164 valence electrons. The van der Waals surface area contributed by atoms with Crippen molar-refractivity contribution in [2.45, 2.75) is 12.6 Å². The Labute approximate surface area is 191 Å². The highest BCUT2D eigenvalue weighted by Gasteiger charge is 2.16. The van der Waals surface area contributed by atoms with Crippen LogP contribution in [0.3, 0.4) is 0 Å². The molecule has 0 unspecified atom stereocenters. The molecule has 0 aliphatic rings. The number of carbonyl (C=O) groups excluding carboxylic acids is 1. The van der Waals surface area contributed by atoms with Crippen LogP contribution in [0.2, 0.25) is 0 Å². The van der Waals surface area contributed by atoms with Crippen molar-refractivity contribution in [1.82, 2.24) is 20.5 Å². The summed E-state index contributed by atoms with van der Waals surface area (Å²) in [5.74, 6) is 5.64. The van der Waals surface area contributed by atoms with Gasteiger partial charge in [-0.25, -0.2) is 10.2 Å². The monoisotopic (exact) mass is 438 g/mol. The predicted octanol–water partition coefficient (Wildman–Crippen LogP) is 3.61. The van der Waals surface area contributed by atoms with Crippen LogP contribution < -0.4 is 5.48 Å². The summed E-state index contributed by atoms with van der Waals surface area (Å²) in [5, 5.41) is 17.2. The van der Waals surface area contributed by atoms with Crippen LogP contribution >= 0.6 is 0 Å². The Balaban J connectivity index is 1.51. The van der Waals surface area contributed by atoms with E-state index in [2.05, 4.69) is 22.2 Å². The first kappa shape index (κ1) is 22.0. The Bertz CT molecular complexity index is 1240. The van der Waals surface area contributed by atoms with E-state index in [1.54, 1.807) is 10.2 Å². The first-order valence-electron chi connectivity index (χ1n) is 10.4. The van der Waals surface area contributed by atoms with Crippen LogP contribution in [0.25, 0.3) is 11.3 Å². The zero-order chi connectivity index (χ0) is 22.9. The number of hydrogen-bond acceptors (Lipinski definition) is 5. The Morgan fingerprint density at radius 3 is 2.24 bits per heavy atom. The number of hydrogen-bond donors (Lipinski definition) is 2. The first-order valence-corrected chi connectivity index (χ1v) is 10.4. The number of nitrogens with zero attached hydrogens (tertiary/aromatic N) is 3. The van der Waals surface area contributed by atoms with Crippen LogP contribution in [0.4, 0.5) is 0 Å². The number of nitrogens with one attached hydrogen (secondary N) is 1. The lowest BCUT2D eigenvalue weighted by molar-refractivity contribution is -0.136. The molecular weight excluding hydrogens is 416 g/mol. The summed E-state index contributed by atoms with van der Waals surface area (Å²) < 4.78 is 7.45. The van der Waals surface area contributed by atoms with Crippen LogP contribution in [0.1, 0.15) is 22.8 Å². The molecule has 0 aliphatic heterocycles. The number of aromatic nitrogens is 3. The normalized spacial score (nSPS) is 11.3. The molecule has 1 amide bonds. The second-order valence-electron chi connectivity index (χ2n) is 7.26. The predicted molar refractivity (Wildman–Crippen MR) is 123 cm³/mol. The minimum atomic E-state index is -0.631. The van der Waals surface area contributed by atoms with Crippen molar-refractivity contribution in [2.75, 3.05) is 6.61 Å². The Morgan fingerprint density at radius 1 is 0.939 bits per heavy atom. The van der Waals surface area contributed by atoms with Gasteiger partial charge in [0.25, 0.3) is 5.91 Å². The fourth-order valence-electron chi connectivity index (χ4n) is 3.21. The van der Waals surface area contributed by atoms with Gasteiger partial charge in [0, 0.05) is 16.7 Å². The SMILES string of the molecule is O=C(CO[C@@H](Cn1cc(-c2ccccc2)nn1)c1ccc(C#Cc2ccccc2)cc1)NO. The molecule has 4 rings (SSSR count). The molecule has 0 saturated carbocycles. The fraction of sp³-hybridized carbons (Fsp3) is 0.115. The van der Waals surface area contributed by atoms with E-state index in [0.717, 1.165) is 27.9 Å². The Morgan fingerprint density at radius 2 is 1.58 bits per heavy atom. The Kier molecular flexibility index (Phi) is 7.23. The van der Waals surface area contributed by atoms with E-state index < -0.39 is 12.0 Å². The van der Waals surface area contributed by atoms with E-state index in [-0.39, 0.29) is 6.61 Å². The number of benzene rings is 3. The van der Waals surface area contributed by atoms with Crippen molar-refractivity contribution < 1.29 is 14.7 Å². The summed E-state index contributed by atoms with van der Waals surface area (Å²) in [6.07, 6.45) is 1.35. The maximum atomic E-state index is 11.5. The van der Waals surface area contributed by atoms with Gasteiger partial charge in [0.05, 0.1) is 12.7 Å². The van der Waals surface area contributed by atoms with Gasteiger partial charge in [0.1, 0.15) is 18.4 Å². The number of carbonyl (C=O) groups is 1. The maximum absolute atomic E-state index is 11.5. The van der Waals surface area contributed by atoms with Gasteiger partial charge in [-0.3, -0.25) is 10.0 Å². The first-order chi connectivity index (χ1) is 16.2. The van der Waals surface area contributed by atoms with E-state index in [0.29, 0.717) is 6.54 Å². The van der Waals surface area contributed by atoms with Gasteiger partial charge in [0.2, 0.25) is 0 Å². The highest BCUT2D eigenvalue weighted by atomic mass is 16.5. The van der Waals surface area contributed by atoms with E-state index in [4.69, 9.17) is 9.94 Å². The zero-order valence-corrected chi connectivity index (χ0v) is 17.8. The van der Waals surface area contributed by atoms with Gasteiger partial charge < -0.3 is 4.74 Å². The molecule has 1 heterocycles. The molecule has 0 aliphatic carbocycles. The second kappa shape index (κ2) is 10.9. The molecule has 0 radical (unpaired) electrons. The molecular formula is C26H22N4O3. The standard InChI is InChI=1S/C26H22N4O3/c31-26(28-32)19-33-25(18-30-17-24(27-29-30)22-9-5-2-6-10-22)23-15-13-21(14-16-23)12-11-20-7-3-1-4-8-20/h1-10,13-17,25,32H,18-19H2,(H,28,31)/t25-/m0/s1. The van der Waals surface area contributed by atoms with Crippen molar-refractivity contribution >= 4 is 5.91 Å². The average Bonchev–Trinajstić information content (AvgIpc) is 3.35. The quantitative estimate of drug-likeness (QED) is 0.261. The summed E-state index contributed by atoms with van der Waals surface area (Å²) >= 11 is 0. The maximum Gasteiger partial charge on any atom is 0.269 e. The highest BCUT2D eigenvalue weighted by Crippen LogP contribution is 2.22. The lowest BCUT2D eigenvalue weighted by Crippen LogP contribution is -2.26. The molecule has 0 fully saturated rings. The van der Waals surface area contributed by atoms with Gasteiger partial charge in [-0.05, 0) is 29.8 Å². The van der Waals surface area contributed by atoms with Crippen molar-refractivity contribution in [3.05, 3.63) is 108 Å². The van der Waals surface area contributed by atoms with Crippen LogP contribution in [0.15, 0.2) is 91.1 Å². The molecule has 4 aromatic rings. The molecule has 0 bridgehead atoms. The molecule has 7 nitrogen and oxygen atoms in total. The molecule has 3 aromatic carbocycles. The van der Waals surface area contributed by atoms with Crippen LogP contribution in [-0.4, -0.2) is 32.7 Å². The van der Waals surface area contributed by atoms with Gasteiger partial charge in [0.15, 0.2) is 0 Å². The average molecular weight is 438 g/mol. The number of rotatable bonds is 7. The van der Waals surface area contributed by atoms with Crippen molar-refractivity contribution in [3.63, 3.8) is 0 Å². The topological polar surface area (TPSA) is 89.3 Å². The smallest absolute Gasteiger partial charge is 0.269 e. The largest absolute Gasteiger partial charge is 0.362 e. The zero-order valence-electron chi connectivity index (χ0n) is 17.8. The van der Waals surface area contributed by atoms with Gasteiger partial charge >= 0.3 is 0 Å². The van der Waals surface area contributed by atoms with Crippen LogP contribution in [0.5, 0.6) is 0 Å². The summed E-state index contributed by atoms with van der Waals surface area (Å²) in [6.45, 7) is 0.0462. The molecule has 1 atom stereocenters. The summed E-state index contributed by atoms with van der Waals surface area (Å²) in [6, 6.07) is 27.1. The van der Waals surface area contributed by atoms with Crippen molar-refractivity contribution in [2.24, 2.45) is 0 Å². The van der Waals surface area contributed by atoms with Crippen LogP contribution in [0, 0.1) is 11.8 Å². The van der Waals surface area contributed by atoms with E-state index in [9.17, 15) is 4.79 Å². The number of hydroxylamine groups is 1. The molecule has 0 saturated heterocycles. The number of ether oxygens (including phenoxy) is 1. The van der Waals surface area contributed by atoms with E-state index in [1.165, 1.54) is 0 Å². The molecule has 2 N–H and O–H groups in total. The third kappa shape index (κ3) is 6.14. The van der Waals surface area contributed by atoms with E-state index in [1.807, 2.05) is 91.1 Å².